The lowest BCUT2D eigenvalue weighted by molar-refractivity contribution is -0.116. The molecule has 0 bridgehead atoms. The summed E-state index contributed by atoms with van der Waals surface area (Å²) in [7, 11) is 0. The lowest BCUT2D eigenvalue weighted by atomic mass is 9.84. The van der Waals surface area contributed by atoms with E-state index in [1.54, 1.807) is 0 Å². The number of anilines is 1. The van der Waals surface area contributed by atoms with E-state index in [1.165, 1.54) is 12.1 Å². The number of hydrogen-bond donors (Lipinski definition) is 3. The van der Waals surface area contributed by atoms with E-state index in [-0.39, 0.29) is 27.1 Å². The number of hydrogen-bond acceptors (Lipinski definition) is 3. The first kappa shape index (κ1) is 17.1. The molecule has 20 heavy (non-hydrogen) atoms. The summed E-state index contributed by atoms with van der Waals surface area (Å²) in [6, 6.07) is 2.93. The fourth-order valence-electron chi connectivity index (χ4n) is 1.83. The Morgan fingerprint density at radius 3 is 2.35 bits per heavy atom. The van der Waals surface area contributed by atoms with Gasteiger partial charge in [-0.1, -0.05) is 37.0 Å². The van der Waals surface area contributed by atoms with Crippen molar-refractivity contribution >= 4 is 34.8 Å². The van der Waals surface area contributed by atoms with Crippen molar-refractivity contribution in [1.29, 1.82) is 0 Å². The average molecular weight is 319 g/mol. The number of halogens is 2. The zero-order valence-electron chi connectivity index (χ0n) is 11.7. The summed E-state index contributed by atoms with van der Waals surface area (Å²) in [4.78, 5) is 11.9. The first-order valence-corrected chi connectivity index (χ1v) is 7.19. The van der Waals surface area contributed by atoms with E-state index in [1.807, 2.05) is 0 Å². The predicted octanol–water partition coefficient (Wildman–Crippen LogP) is 3.79. The van der Waals surface area contributed by atoms with Crippen LogP contribution in [0.5, 0.6) is 5.75 Å². The molecule has 112 valence electrons. The molecule has 0 heterocycles. The third-order valence-electron chi connectivity index (χ3n) is 3.15. The maximum Gasteiger partial charge on any atom is 0.224 e. The van der Waals surface area contributed by atoms with Crippen LogP contribution in [0.2, 0.25) is 10.0 Å². The number of benzene rings is 1. The molecule has 0 radical (unpaired) electrons. The van der Waals surface area contributed by atoms with Crippen LogP contribution in [-0.4, -0.2) is 17.6 Å². The molecular formula is C14H20Cl2N2O2. The summed E-state index contributed by atoms with van der Waals surface area (Å²) in [5.74, 6) is -0.302. The molecule has 0 aliphatic carbocycles. The molecule has 1 amide bonds. The Labute approximate surface area is 129 Å². The lowest BCUT2D eigenvalue weighted by Crippen LogP contribution is -2.20. The number of carbonyl (C=O) groups is 1. The fourth-order valence-corrected chi connectivity index (χ4v) is 2.32. The normalized spacial score (nSPS) is 11.4. The van der Waals surface area contributed by atoms with E-state index in [0.29, 0.717) is 18.7 Å². The molecule has 0 aliphatic rings. The van der Waals surface area contributed by atoms with Gasteiger partial charge in [-0.15, -0.1) is 0 Å². The summed E-state index contributed by atoms with van der Waals surface area (Å²) in [5.41, 5.74) is 6.05. The minimum Gasteiger partial charge on any atom is -0.505 e. The molecule has 4 N–H and O–H groups in total. The molecular weight excluding hydrogens is 299 g/mol. The SMILES string of the molecule is CC(C)(CCN)CCC(=O)Nc1cc(Cl)c(O)c(Cl)c1. The van der Waals surface area contributed by atoms with Gasteiger partial charge in [0.25, 0.3) is 0 Å². The molecule has 0 spiro atoms. The highest BCUT2D eigenvalue weighted by Crippen LogP contribution is 2.34. The first-order chi connectivity index (χ1) is 9.25. The van der Waals surface area contributed by atoms with Gasteiger partial charge in [-0.25, -0.2) is 0 Å². The Morgan fingerprint density at radius 1 is 1.30 bits per heavy atom. The quantitative estimate of drug-likeness (QED) is 0.698. The number of nitrogens with one attached hydrogen (secondary N) is 1. The van der Waals surface area contributed by atoms with E-state index in [9.17, 15) is 9.90 Å². The maximum absolute atomic E-state index is 11.9. The average Bonchev–Trinajstić information content (AvgIpc) is 2.33. The molecule has 6 heteroatoms. The Kier molecular flexibility index (Phi) is 6.11. The molecule has 0 fully saturated rings. The van der Waals surface area contributed by atoms with Crippen molar-refractivity contribution in [3.05, 3.63) is 22.2 Å². The molecule has 0 aliphatic heterocycles. The van der Waals surface area contributed by atoms with Crippen LogP contribution < -0.4 is 11.1 Å². The smallest absolute Gasteiger partial charge is 0.224 e. The van der Waals surface area contributed by atoms with Gasteiger partial charge in [0, 0.05) is 12.1 Å². The molecule has 0 unspecified atom stereocenters. The van der Waals surface area contributed by atoms with Gasteiger partial charge in [-0.3, -0.25) is 4.79 Å². The summed E-state index contributed by atoms with van der Waals surface area (Å²) >= 11 is 11.6. The van der Waals surface area contributed by atoms with E-state index in [2.05, 4.69) is 19.2 Å². The molecule has 1 aromatic rings. The van der Waals surface area contributed by atoms with E-state index >= 15 is 0 Å². The number of phenolic OH excluding ortho intramolecular Hbond substituents is 1. The zero-order valence-corrected chi connectivity index (χ0v) is 13.2. The van der Waals surface area contributed by atoms with E-state index in [0.717, 1.165) is 12.8 Å². The Balaban J connectivity index is 2.59. The maximum atomic E-state index is 11.9. The van der Waals surface area contributed by atoms with Crippen LogP contribution in [0.25, 0.3) is 0 Å². The number of amides is 1. The van der Waals surface area contributed by atoms with Crippen molar-refractivity contribution in [3.8, 4) is 5.75 Å². The highest BCUT2D eigenvalue weighted by atomic mass is 35.5. The lowest BCUT2D eigenvalue weighted by Gasteiger charge is -2.23. The number of carbonyl (C=O) groups excluding carboxylic acids is 1. The Morgan fingerprint density at radius 2 is 1.85 bits per heavy atom. The second kappa shape index (κ2) is 7.16. The van der Waals surface area contributed by atoms with Crippen molar-refractivity contribution in [1.82, 2.24) is 0 Å². The number of nitrogens with two attached hydrogens (primary N) is 1. The molecule has 0 atom stereocenters. The minimum absolute atomic E-state index is 0.0380. The van der Waals surface area contributed by atoms with Crippen molar-refractivity contribution in [3.63, 3.8) is 0 Å². The Hall–Kier alpha value is -0.970. The summed E-state index contributed by atoms with van der Waals surface area (Å²) in [6.07, 6.45) is 2.01. The third-order valence-corrected chi connectivity index (χ3v) is 3.73. The van der Waals surface area contributed by atoms with Crippen LogP contribution in [0.1, 0.15) is 33.1 Å². The topological polar surface area (TPSA) is 75.4 Å². The summed E-state index contributed by atoms with van der Waals surface area (Å²) in [5, 5.41) is 12.4. The second-order valence-electron chi connectivity index (χ2n) is 5.54. The predicted molar refractivity (Wildman–Crippen MR) is 83.4 cm³/mol. The molecule has 1 aromatic carbocycles. The van der Waals surface area contributed by atoms with Gasteiger partial charge in [0.2, 0.25) is 5.91 Å². The number of phenols is 1. The van der Waals surface area contributed by atoms with E-state index in [4.69, 9.17) is 28.9 Å². The third kappa shape index (κ3) is 5.19. The van der Waals surface area contributed by atoms with Crippen LogP contribution in [0, 0.1) is 5.41 Å². The van der Waals surface area contributed by atoms with Crippen molar-refractivity contribution < 1.29 is 9.90 Å². The highest BCUT2D eigenvalue weighted by molar-refractivity contribution is 6.37. The Bertz CT molecular complexity index is 467. The fraction of sp³-hybridized carbons (Fsp3) is 0.500. The molecule has 1 rings (SSSR count). The van der Waals surface area contributed by atoms with Crippen molar-refractivity contribution in [2.24, 2.45) is 11.1 Å². The van der Waals surface area contributed by atoms with Crippen LogP contribution in [-0.2, 0) is 4.79 Å². The standard InChI is InChI=1S/C14H20Cl2N2O2/c1-14(2,5-6-17)4-3-12(19)18-9-7-10(15)13(20)11(16)8-9/h7-8,20H,3-6,17H2,1-2H3,(H,18,19). The zero-order chi connectivity index (χ0) is 15.3. The van der Waals surface area contributed by atoms with Gasteiger partial charge < -0.3 is 16.2 Å². The first-order valence-electron chi connectivity index (χ1n) is 6.43. The van der Waals surface area contributed by atoms with Gasteiger partial charge >= 0.3 is 0 Å². The van der Waals surface area contributed by atoms with Crippen LogP contribution in [0.3, 0.4) is 0 Å². The summed E-state index contributed by atoms with van der Waals surface area (Å²) < 4.78 is 0. The van der Waals surface area contributed by atoms with Gasteiger partial charge in [-0.05, 0) is 36.9 Å². The molecule has 0 aromatic heterocycles. The number of aromatic hydroxyl groups is 1. The molecule has 0 saturated heterocycles. The minimum atomic E-state index is -0.185. The van der Waals surface area contributed by atoms with Gasteiger partial charge in [-0.2, -0.15) is 0 Å². The van der Waals surface area contributed by atoms with Crippen LogP contribution in [0.4, 0.5) is 5.69 Å². The number of rotatable bonds is 6. The monoisotopic (exact) mass is 318 g/mol. The van der Waals surface area contributed by atoms with Crippen molar-refractivity contribution in [2.45, 2.75) is 33.1 Å². The van der Waals surface area contributed by atoms with Crippen LogP contribution >= 0.6 is 23.2 Å². The van der Waals surface area contributed by atoms with E-state index < -0.39 is 0 Å². The molecule has 0 saturated carbocycles. The largest absolute Gasteiger partial charge is 0.505 e. The van der Waals surface area contributed by atoms with Gasteiger partial charge in [0.05, 0.1) is 10.0 Å². The summed E-state index contributed by atoms with van der Waals surface area (Å²) in [6.45, 7) is 4.78. The van der Waals surface area contributed by atoms with Gasteiger partial charge in [0.1, 0.15) is 0 Å². The molecule has 4 nitrogen and oxygen atoms in total. The van der Waals surface area contributed by atoms with Crippen LogP contribution in [0.15, 0.2) is 12.1 Å². The highest BCUT2D eigenvalue weighted by Gasteiger charge is 2.18. The van der Waals surface area contributed by atoms with Gasteiger partial charge in [0.15, 0.2) is 5.75 Å². The second-order valence-corrected chi connectivity index (χ2v) is 6.35. The van der Waals surface area contributed by atoms with Crippen molar-refractivity contribution in [2.75, 3.05) is 11.9 Å².